The van der Waals surface area contributed by atoms with Crippen LogP contribution in [0.1, 0.15) is 52.0 Å². The number of amides is 1. The van der Waals surface area contributed by atoms with Crippen molar-refractivity contribution in [2.24, 2.45) is 5.73 Å². The van der Waals surface area contributed by atoms with Gasteiger partial charge >= 0.3 is 0 Å². The van der Waals surface area contributed by atoms with Crippen LogP contribution >= 0.6 is 0 Å². The molecule has 0 aliphatic heterocycles. The molecule has 1 amide bonds. The Kier molecular flexibility index (Phi) is 4.98. The average molecular weight is 362 g/mol. The Balaban J connectivity index is 1.66. The largest absolute Gasteiger partial charge is 0.448 e. The van der Waals surface area contributed by atoms with E-state index in [0.717, 1.165) is 30.5 Å². The number of primary amides is 1. The number of hydrogen-bond acceptors (Lipinski definition) is 5. The van der Waals surface area contributed by atoms with Crippen LogP contribution in [0.25, 0.3) is 0 Å². The van der Waals surface area contributed by atoms with E-state index in [1.54, 1.807) is 18.5 Å². The molecular formula is C21H22N4O2. The van der Waals surface area contributed by atoms with Crippen LogP contribution in [0.15, 0.2) is 59.5 Å². The van der Waals surface area contributed by atoms with Crippen LogP contribution in [0.5, 0.6) is 0 Å². The fourth-order valence-electron chi connectivity index (χ4n) is 3.78. The zero-order chi connectivity index (χ0) is 18.6. The van der Waals surface area contributed by atoms with E-state index < -0.39 is 5.91 Å². The highest BCUT2D eigenvalue weighted by atomic mass is 16.3. The molecule has 2 aromatic heterocycles. The summed E-state index contributed by atoms with van der Waals surface area (Å²) in [5.41, 5.74) is 9.42. The molecular weight excluding hydrogens is 340 g/mol. The first-order chi connectivity index (χ1) is 13.2. The molecule has 3 aromatic rings. The van der Waals surface area contributed by atoms with Gasteiger partial charge in [-0.25, -0.2) is 4.98 Å². The molecule has 1 aliphatic rings. The summed E-state index contributed by atoms with van der Waals surface area (Å²) in [6, 6.07) is 11.8. The second-order valence-corrected chi connectivity index (χ2v) is 6.85. The standard InChI is InChI=1S/C21H22N4O2/c22-21(26)17-6-1-4-15(12-17)13-25(14-19-23-10-11-27-19)18-8-2-5-16-7-3-9-24-20(16)18/h1,3-4,6-7,9-12,18H,2,5,8,13-14H2,(H2,22,26). The van der Waals surface area contributed by atoms with E-state index >= 15 is 0 Å². The number of hydrogen-bond donors (Lipinski definition) is 1. The number of rotatable bonds is 6. The van der Waals surface area contributed by atoms with Crippen LogP contribution in [0, 0.1) is 0 Å². The third kappa shape index (κ3) is 3.90. The van der Waals surface area contributed by atoms with Gasteiger partial charge in [0.2, 0.25) is 11.8 Å². The van der Waals surface area contributed by atoms with Crippen molar-refractivity contribution in [3.63, 3.8) is 0 Å². The molecule has 2 N–H and O–H groups in total. The number of carbonyl (C=O) groups is 1. The Morgan fingerprint density at radius 1 is 1.19 bits per heavy atom. The number of pyridine rings is 1. The number of aromatic nitrogens is 2. The molecule has 0 saturated heterocycles. The lowest BCUT2D eigenvalue weighted by Gasteiger charge is -2.34. The van der Waals surface area contributed by atoms with E-state index in [0.29, 0.717) is 24.5 Å². The van der Waals surface area contributed by atoms with Gasteiger partial charge in [-0.2, -0.15) is 0 Å². The molecule has 0 fully saturated rings. The summed E-state index contributed by atoms with van der Waals surface area (Å²) in [7, 11) is 0. The van der Waals surface area contributed by atoms with Gasteiger partial charge in [0.05, 0.1) is 24.5 Å². The lowest BCUT2D eigenvalue weighted by Crippen LogP contribution is -2.31. The summed E-state index contributed by atoms with van der Waals surface area (Å²) in [5.74, 6) is 0.255. The van der Waals surface area contributed by atoms with Gasteiger partial charge in [0, 0.05) is 18.3 Å². The molecule has 1 aromatic carbocycles. The highest BCUT2D eigenvalue weighted by Crippen LogP contribution is 2.34. The van der Waals surface area contributed by atoms with E-state index in [1.165, 1.54) is 5.56 Å². The Morgan fingerprint density at radius 3 is 2.93 bits per heavy atom. The first-order valence-electron chi connectivity index (χ1n) is 9.15. The molecule has 0 saturated carbocycles. The molecule has 4 rings (SSSR count). The molecule has 6 nitrogen and oxygen atoms in total. The van der Waals surface area contributed by atoms with Crippen LogP contribution in [0.3, 0.4) is 0 Å². The number of carbonyl (C=O) groups excluding carboxylic acids is 1. The van der Waals surface area contributed by atoms with Crippen LogP contribution in [-0.4, -0.2) is 20.8 Å². The minimum Gasteiger partial charge on any atom is -0.448 e. The second-order valence-electron chi connectivity index (χ2n) is 6.85. The van der Waals surface area contributed by atoms with Crippen LogP contribution in [-0.2, 0) is 19.5 Å². The Hall–Kier alpha value is -2.99. The Morgan fingerprint density at radius 2 is 2.11 bits per heavy atom. The number of nitrogens with zero attached hydrogens (tertiary/aromatic N) is 3. The maximum atomic E-state index is 11.5. The third-order valence-corrected chi connectivity index (χ3v) is 5.03. The van der Waals surface area contributed by atoms with Gasteiger partial charge < -0.3 is 10.2 Å². The molecule has 2 heterocycles. The minimum absolute atomic E-state index is 0.180. The minimum atomic E-state index is -0.416. The highest BCUT2D eigenvalue weighted by molar-refractivity contribution is 5.92. The SMILES string of the molecule is NC(=O)c1cccc(CN(Cc2ncco2)C2CCCc3cccnc32)c1. The molecule has 27 heavy (non-hydrogen) atoms. The van der Waals surface area contributed by atoms with Crippen molar-refractivity contribution in [3.05, 3.63) is 83.3 Å². The van der Waals surface area contributed by atoms with E-state index in [4.69, 9.17) is 10.2 Å². The van der Waals surface area contributed by atoms with E-state index in [2.05, 4.69) is 20.9 Å². The highest BCUT2D eigenvalue weighted by Gasteiger charge is 2.28. The van der Waals surface area contributed by atoms with Gasteiger partial charge in [-0.3, -0.25) is 14.7 Å². The van der Waals surface area contributed by atoms with Gasteiger partial charge in [0.25, 0.3) is 0 Å². The third-order valence-electron chi connectivity index (χ3n) is 5.03. The summed E-state index contributed by atoms with van der Waals surface area (Å²) in [6.45, 7) is 1.23. The summed E-state index contributed by atoms with van der Waals surface area (Å²) in [4.78, 5) is 22.8. The zero-order valence-electron chi connectivity index (χ0n) is 15.0. The van der Waals surface area contributed by atoms with Crippen molar-refractivity contribution < 1.29 is 9.21 Å². The van der Waals surface area contributed by atoms with Crippen molar-refractivity contribution in [1.82, 2.24) is 14.9 Å². The molecule has 6 heteroatoms. The zero-order valence-corrected chi connectivity index (χ0v) is 15.0. The molecule has 0 spiro atoms. The molecule has 1 unspecified atom stereocenters. The maximum absolute atomic E-state index is 11.5. The van der Waals surface area contributed by atoms with Crippen molar-refractivity contribution >= 4 is 5.91 Å². The van der Waals surface area contributed by atoms with Crippen molar-refractivity contribution in [3.8, 4) is 0 Å². The van der Waals surface area contributed by atoms with Gasteiger partial charge in [-0.15, -0.1) is 0 Å². The van der Waals surface area contributed by atoms with Crippen LogP contribution in [0.4, 0.5) is 0 Å². The number of oxazole rings is 1. The average Bonchev–Trinajstić information content (AvgIpc) is 3.20. The monoisotopic (exact) mass is 362 g/mol. The second kappa shape index (κ2) is 7.72. The molecule has 0 bridgehead atoms. The summed E-state index contributed by atoms with van der Waals surface area (Å²) >= 11 is 0. The van der Waals surface area contributed by atoms with Crippen LogP contribution in [0.2, 0.25) is 0 Å². The van der Waals surface area contributed by atoms with E-state index in [9.17, 15) is 4.79 Å². The molecule has 1 aliphatic carbocycles. The lowest BCUT2D eigenvalue weighted by atomic mass is 9.90. The molecule has 138 valence electrons. The van der Waals surface area contributed by atoms with Crippen molar-refractivity contribution in [2.75, 3.05) is 0 Å². The van der Waals surface area contributed by atoms with E-state index in [1.807, 2.05) is 30.5 Å². The van der Waals surface area contributed by atoms with Gasteiger partial charge in [-0.1, -0.05) is 18.2 Å². The first kappa shape index (κ1) is 17.4. The van der Waals surface area contributed by atoms with Crippen molar-refractivity contribution in [2.45, 2.75) is 38.4 Å². The maximum Gasteiger partial charge on any atom is 0.248 e. The van der Waals surface area contributed by atoms with E-state index in [-0.39, 0.29) is 6.04 Å². The lowest BCUT2D eigenvalue weighted by molar-refractivity contribution is 0.0999. The first-order valence-corrected chi connectivity index (χ1v) is 9.15. The smallest absolute Gasteiger partial charge is 0.248 e. The normalized spacial score (nSPS) is 16.3. The van der Waals surface area contributed by atoms with Gasteiger partial charge in [0.15, 0.2) is 0 Å². The summed E-state index contributed by atoms with van der Waals surface area (Å²) < 4.78 is 5.50. The number of aryl methyl sites for hydroxylation is 1. The van der Waals surface area contributed by atoms with Crippen molar-refractivity contribution in [1.29, 1.82) is 0 Å². The topological polar surface area (TPSA) is 85.3 Å². The molecule has 0 radical (unpaired) electrons. The number of fused-ring (bicyclic) bond motifs is 1. The summed E-state index contributed by atoms with van der Waals surface area (Å²) in [5, 5.41) is 0. The Labute approximate surface area is 158 Å². The molecule has 1 atom stereocenters. The quantitative estimate of drug-likeness (QED) is 0.727. The number of nitrogens with two attached hydrogens (primary N) is 1. The predicted octanol–water partition coefficient (Wildman–Crippen LogP) is 3.25. The van der Waals surface area contributed by atoms with Gasteiger partial charge in [0.1, 0.15) is 6.26 Å². The fourth-order valence-corrected chi connectivity index (χ4v) is 3.78. The van der Waals surface area contributed by atoms with Crippen LogP contribution < -0.4 is 5.73 Å². The fraction of sp³-hybridized carbons (Fsp3) is 0.286. The summed E-state index contributed by atoms with van der Waals surface area (Å²) in [6.07, 6.45) is 8.31. The van der Waals surface area contributed by atoms with Gasteiger partial charge in [-0.05, 0) is 48.6 Å². The Bertz CT molecular complexity index is 923. The predicted molar refractivity (Wildman–Crippen MR) is 101 cm³/mol. The number of benzene rings is 1.